The smallest absolute Gasteiger partial charge is 0.236 e. The van der Waals surface area contributed by atoms with Crippen LogP contribution in [0.25, 0.3) is 10.8 Å². The zero-order valence-corrected chi connectivity index (χ0v) is 12.7. The van der Waals surface area contributed by atoms with Crippen LogP contribution in [0.4, 0.5) is 0 Å². The molecule has 5 nitrogen and oxygen atoms in total. The first-order valence-corrected chi connectivity index (χ1v) is 7.83. The number of thiophene rings is 1. The first kappa shape index (κ1) is 13.9. The molecule has 0 saturated heterocycles. The van der Waals surface area contributed by atoms with Gasteiger partial charge < -0.3 is 15.1 Å². The van der Waals surface area contributed by atoms with Gasteiger partial charge in [-0.1, -0.05) is 18.2 Å². The third-order valence-electron chi connectivity index (χ3n) is 3.29. The van der Waals surface area contributed by atoms with Gasteiger partial charge in [-0.2, -0.15) is 0 Å². The van der Waals surface area contributed by atoms with Gasteiger partial charge in [-0.25, -0.2) is 4.98 Å². The van der Waals surface area contributed by atoms with Gasteiger partial charge in [0.1, 0.15) is 6.26 Å². The molecule has 0 radical (unpaired) electrons. The molecular formula is C15H18N4OS. The van der Waals surface area contributed by atoms with Crippen LogP contribution >= 0.6 is 11.3 Å². The summed E-state index contributed by atoms with van der Waals surface area (Å²) in [6.07, 6.45) is 8.17. The van der Waals surface area contributed by atoms with Crippen molar-refractivity contribution in [3.05, 3.63) is 41.6 Å². The molecule has 0 fully saturated rings. The van der Waals surface area contributed by atoms with Crippen molar-refractivity contribution in [3.63, 3.8) is 0 Å². The van der Waals surface area contributed by atoms with E-state index in [1.54, 1.807) is 24.6 Å². The molecule has 2 aromatic heterocycles. The van der Waals surface area contributed by atoms with Crippen LogP contribution in [-0.4, -0.2) is 24.0 Å². The summed E-state index contributed by atoms with van der Waals surface area (Å²) >= 11 is 1.62. The monoisotopic (exact) mass is 302 g/mol. The molecule has 6 heteroatoms. The SMILES string of the molecule is CN=C(NCc1coc(-c2cccs2)n1)NC1CC=CC1. The van der Waals surface area contributed by atoms with E-state index in [0.29, 0.717) is 18.5 Å². The Kier molecular flexibility index (Phi) is 4.35. The predicted molar refractivity (Wildman–Crippen MR) is 85.3 cm³/mol. The standard InChI is InChI=1S/C15H18N4OS/c1-16-15(19-11-5-2-3-6-11)17-9-12-10-20-14(18-12)13-7-4-8-21-13/h2-4,7-8,10-11H,5-6,9H2,1H3,(H2,16,17,19). The second kappa shape index (κ2) is 6.58. The van der Waals surface area contributed by atoms with Crippen LogP contribution in [0.1, 0.15) is 18.5 Å². The molecular weight excluding hydrogens is 284 g/mol. The molecule has 0 aromatic carbocycles. The van der Waals surface area contributed by atoms with Crippen LogP contribution in [0, 0.1) is 0 Å². The molecule has 0 unspecified atom stereocenters. The molecule has 3 rings (SSSR count). The van der Waals surface area contributed by atoms with Gasteiger partial charge in [0.05, 0.1) is 17.1 Å². The number of aromatic nitrogens is 1. The van der Waals surface area contributed by atoms with E-state index >= 15 is 0 Å². The van der Waals surface area contributed by atoms with Crippen molar-refractivity contribution in [1.82, 2.24) is 15.6 Å². The van der Waals surface area contributed by atoms with E-state index < -0.39 is 0 Å². The molecule has 2 heterocycles. The van der Waals surface area contributed by atoms with Crippen LogP contribution in [0.5, 0.6) is 0 Å². The molecule has 1 aliphatic carbocycles. The molecule has 2 aromatic rings. The fourth-order valence-corrected chi connectivity index (χ4v) is 2.85. The largest absolute Gasteiger partial charge is 0.443 e. The fraction of sp³-hybridized carbons (Fsp3) is 0.333. The number of oxazole rings is 1. The second-order valence-electron chi connectivity index (χ2n) is 4.83. The number of rotatable bonds is 4. The molecule has 0 atom stereocenters. The highest BCUT2D eigenvalue weighted by atomic mass is 32.1. The average molecular weight is 302 g/mol. The van der Waals surface area contributed by atoms with Gasteiger partial charge >= 0.3 is 0 Å². The molecule has 21 heavy (non-hydrogen) atoms. The van der Waals surface area contributed by atoms with Crippen molar-refractivity contribution in [2.24, 2.45) is 4.99 Å². The minimum Gasteiger partial charge on any atom is -0.443 e. The van der Waals surface area contributed by atoms with Crippen LogP contribution < -0.4 is 10.6 Å². The highest BCUT2D eigenvalue weighted by Crippen LogP contribution is 2.23. The highest BCUT2D eigenvalue weighted by Gasteiger charge is 2.12. The summed E-state index contributed by atoms with van der Waals surface area (Å²) in [6.45, 7) is 0.592. The third-order valence-corrected chi connectivity index (χ3v) is 4.15. The maximum atomic E-state index is 5.50. The number of nitrogens with one attached hydrogen (secondary N) is 2. The van der Waals surface area contributed by atoms with E-state index in [0.717, 1.165) is 29.4 Å². The minimum atomic E-state index is 0.440. The minimum absolute atomic E-state index is 0.440. The van der Waals surface area contributed by atoms with Crippen molar-refractivity contribution in [1.29, 1.82) is 0 Å². The summed E-state index contributed by atoms with van der Waals surface area (Å²) in [4.78, 5) is 9.75. The van der Waals surface area contributed by atoms with Gasteiger partial charge in [0.2, 0.25) is 5.89 Å². The lowest BCUT2D eigenvalue weighted by molar-refractivity contribution is 0.573. The molecule has 1 aliphatic rings. The molecule has 0 spiro atoms. The predicted octanol–water partition coefficient (Wildman–Crippen LogP) is 2.79. The van der Waals surface area contributed by atoms with E-state index in [4.69, 9.17) is 4.42 Å². The lowest BCUT2D eigenvalue weighted by Crippen LogP contribution is -2.42. The number of aliphatic imine (C=N–C) groups is 1. The normalized spacial score (nSPS) is 15.6. The maximum Gasteiger partial charge on any atom is 0.236 e. The Labute approximate surface area is 127 Å². The van der Waals surface area contributed by atoms with Crippen molar-refractivity contribution < 1.29 is 4.42 Å². The summed E-state index contributed by atoms with van der Waals surface area (Å²) in [6, 6.07) is 4.43. The van der Waals surface area contributed by atoms with Gasteiger partial charge in [-0.15, -0.1) is 11.3 Å². The van der Waals surface area contributed by atoms with Gasteiger partial charge in [0, 0.05) is 13.1 Å². The Bertz CT molecular complexity index is 622. The fourth-order valence-electron chi connectivity index (χ4n) is 2.20. The van der Waals surface area contributed by atoms with Crippen LogP contribution in [0.3, 0.4) is 0 Å². The summed E-state index contributed by atoms with van der Waals surface area (Å²) in [7, 11) is 1.78. The third kappa shape index (κ3) is 3.52. The van der Waals surface area contributed by atoms with Crippen LogP contribution in [0.2, 0.25) is 0 Å². The van der Waals surface area contributed by atoms with E-state index in [1.807, 2.05) is 17.5 Å². The van der Waals surface area contributed by atoms with E-state index in [-0.39, 0.29) is 0 Å². The van der Waals surface area contributed by atoms with E-state index in [2.05, 4.69) is 32.8 Å². The van der Waals surface area contributed by atoms with Crippen LogP contribution in [0.15, 0.2) is 45.3 Å². The topological polar surface area (TPSA) is 62.5 Å². The molecule has 0 aliphatic heterocycles. The molecule has 110 valence electrons. The summed E-state index contributed by atoms with van der Waals surface area (Å²) < 4.78 is 5.50. The average Bonchev–Trinajstić information content (AvgIpc) is 3.24. The van der Waals surface area contributed by atoms with Crippen molar-refractivity contribution in [3.8, 4) is 10.8 Å². The van der Waals surface area contributed by atoms with E-state index in [1.165, 1.54) is 0 Å². The molecule has 0 bridgehead atoms. The lowest BCUT2D eigenvalue weighted by Gasteiger charge is -2.16. The number of guanidine groups is 1. The molecule has 0 amide bonds. The maximum absolute atomic E-state index is 5.50. The Hall–Kier alpha value is -2.08. The zero-order chi connectivity index (χ0) is 14.5. The zero-order valence-electron chi connectivity index (χ0n) is 11.9. The lowest BCUT2D eigenvalue weighted by atomic mass is 10.2. The first-order valence-electron chi connectivity index (χ1n) is 6.95. The Balaban J connectivity index is 1.54. The van der Waals surface area contributed by atoms with Crippen molar-refractivity contribution in [2.45, 2.75) is 25.4 Å². The molecule has 0 saturated carbocycles. The van der Waals surface area contributed by atoms with Crippen molar-refractivity contribution in [2.75, 3.05) is 7.05 Å². The summed E-state index contributed by atoms with van der Waals surface area (Å²) in [5, 5.41) is 8.67. The number of hydrogen-bond donors (Lipinski definition) is 2. The van der Waals surface area contributed by atoms with E-state index in [9.17, 15) is 0 Å². The quantitative estimate of drug-likeness (QED) is 0.518. The van der Waals surface area contributed by atoms with Crippen molar-refractivity contribution >= 4 is 17.3 Å². The first-order chi connectivity index (χ1) is 10.3. The summed E-state index contributed by atoms with van der Waals surface area (Å²) in [5.41, 5.74) is 0.867. The highest BCUT2D eigenvalue weighted by molar-refractivity contribution is 7.13. The number of hydrogen-bond acceptors (Lipinski definition) is 4. The van der Waals surface area contributed by atoms with Gasteiger partial charge in [0.25, 0.3) is 0 Å². The Morgan fingerprint density at radius 2 is 2.33 bits per heavy atom. The second-order valence-corrected chi connectivity index (χ2v) is 5.78. The Morgan fingerprint density at radius 1 is 1.48 bits per heavy atom. The molecule has 2 N–H and O–H groups in total. The number of nitrogens with zero attached hydrogens (tertiary/aromatic N) is 2. The van der Waals surface area contributed by atoms with Crippen LogP contribution in [-0.2, 0) is 6.54 Å². The summed E-state index contributed by atoms with van der Waals surface area (Å²) in [5.74, 6) is 1.47. The van der Waals surface area contributed by atoms with Gasteiger partial charge in [-0.3, -0.25) is 4.99 Å². The van der Waals surface area contributed by atoms with Gasteiger partial charge in [0.15, 0.2) is 5.96 Å². The Morgan fingerprint density at radius 3 is 3.05 bits per heavy atom. The van der Waals surface area contributed by atoms with Gasteiger partial charge in [-0.05, 0) is 24.3 Å².